The number of aryl methyl sites for hydroxylation is 1. The van der Waals surface area contributed by atoms with Crippen LogP contribution in [0, 0.1) is 6.85 Å². The first-order valence-corrected chi connectivity index (χ1v) is 25.2. The fourth-order valence-corrected chi connectivity index (χ4v) is 13.5. The van der Waals surface area contributed by atoms with Crippen LogP contribution in [0.15, 0.2) is 269 Å². The highest BCUT2D eigenvalue weighted by Crippen LogP contribution is 2.62. The van der Waals surface area contributed by atoms with Gasteiger partial charge in [0.05, 0.1) is 11.1 Å². The van der Waals surface area contributed by atoms with E-state index in [-0.39, 0.29) is 0 Å². The zero-order valence-electron chi connectivity index (χ0n) is 40.9. The Morgan fingerprint density at radius 3 is 1.10 bits per heavy atom. The van der Waals surface area contributed by atoms with Crippen molar-refractivity contribution in [2.75, 3.05) is 0 Å². The van der Waals surface area contributed by atoms with Crippen LogP contribution in [0.3, 0.4) is 0 Å². The van der Waals surface area contributed by atoms with Crippen molar-refractivity contribution >= 4 is 23.5 Å². The van der Waals surface area contributed by atoms with Crippen molar-refractivity contribution in [2.24, 2.45) is 0 Å². The van der Waals surface area contributed by atoms with Crippen LogP contribution in [0.25, 0.3) is 77.9 Å². The molecule has 0 saturated heterocycles. The van der Waals surface area contributed by atoms with E-state index in [1.165, 1.54) is 11.8 Å². The molecule has 2 nitrogen and oxygen atoms in total. The number of hydrogen-bond donors (Lipinski definition) is 0. The normalized spacial score (nSPS) is 13.7. The molecular formula is C66H44N2S2. The topological polar surface area (TPSA) is 25.8 Å². The predicted octanol–water partition coefficient (Wildman–Crippen LogP) is 17.8. The second-order valence-electron chi connectivity index (χ2n) is 17.7. The standard InChI is InChI=1S/C66H44N2S2/c1-43-35-40-53-63(70-65-64(67-41-42-68-65)66(53)51-31-17-19-33-54(51)69-55-34-20-18-32-52(55)66)56(43)49-36-38-50(39-37-49)62-60(47-27-13-5-14-28-47)58(45-23-9-3-10-24-45)57(44-21-7-2-8-22-44)59(46-25-11-4-12-26-46)61(62)48-29-15-6-16-30-48/h2-42H,1H3/i1D3. The molecule has 13 rings (SSSR count). The number of fused-ring (bicyclic) bond motifs is 8. The van der Waals surface area contributed by atoms with Crippen molar-refractivity contribution in [3.05, 3.63) is 277 Å². The van der Waals surface area contributed by atoms with Gasteiger partial charge in [0.15, 0.2) is 0 Å². The lowest BCUT2D eigenvalue weighted by Crippen LogP contribution is -2.38. The zero-order valence-corrected chi connectivity index (χ0v) is 39.5. The van der Waals surface area contributed by atoms with Gasteiger partial charge in [-0.15, -0.1) is 0 Å². The van der Waals surface area contributed by atoms with Gasteiger partial charge in [-0.2, -0.15) is 0 Å². The summed E-state index contributed by atoms with van der Waals surface area (Å²) in [5.74, 6) is 0. The number of aromatic nitrogens is 2. The van der Waals surface area contributed by atoms with Crippen LogP contribution in [-0.4, -0.2) is 9.97 Å². The Morgan fingerprint density at radius 1 is 0.329 bits per heavy atom. The van der Waals surface area contributed by atoms with E-state index >= 15 is 0 Å². The molecule has 2 aliphatic rings. The lowest BCUT2D eigenvalue weighted by molar-refractivity contribution is 0.628. The van der Waals surface area contributed by atoms with Crippen molar-refractivity contribution < 1.29 is 4.11 Å². The summed E-state index contributed by atoms with van der Waals surface area (Å²) in [4.78, 5) is 13.3. The predicted molar refractivity (Wildman–Crippen MR) is 291 cm³/mol. The van der Waals surface area contributed by atoms with Gasteiger partial charge in [0.1, 0.15) is 5.03 Å². The summed E-state index contributed by atoms with van der Waals surface area (Å²) in [6, 6.07) is 83.5. The third-order valence-electron chi connectivity index (χ3n) is 13.9. The van der Waals surface area contributed by atoms with Gasteiger partial charge in [-0.1, -0.05) is 248 Å². The van der Waals surface area contributed by atoms with Gasteiger partial charge in [-0.05, 0) is 119 Å². The summed E-state index contributed by atoms with van der Waals surface area (Å²) < 4.78 is 27.3. The van der Waals surface area contributed by atoms with Crippen LogP contribution in [0.5, 0.6) is 0 Å². The number of hydrogen-bond acceptors (Lipinski definition) is 4. The summed E-state index contributed by atoms with van der Waals surface area (Å²) in [6.07, 6.45) is 3.52. The first-order chi connectivity index (χ1) is 35.9. The van der Waals surface area contributed by atoms with E-state index in [9.17, 15) is 0 Å². The molecule has 0 saturated carbocycles. The van der Waals surface area contributed by atoms with Crippen LogP contribution in [0.2, 0.25) is 0 Å². The van der Waals surface area contributed by atoms with Crippen LogP contribution in [-0.2, 0) is 5.41 Å². The molecule has 0 bridgehead atoms. The first-order valence-electron chi connectivity index (χ1n) is 25.1. The zero-order chi connectivity index (χ0) is 49.1. The first kappa shape index (κ1) is 38.9. The molecule has 0 unspecified atom stereocenters. The Bertz CT molecular complexity index is 3700. The fraction of sp³-hybridized carbons (Fsp3) is 0.0303. The Labute approximate surface area is 422 Å². The Hall–Kier alpha value is -8.02. The van der Waals surface area contributed by atoms with E-state index in [1.54, 1.807) is 24.2 Å². The van der Waals surface area contributed by atoms with Gasteiger partial charge < -0.3 is 0 Å². The van der Waals surface area contributed by atoms with E-state index < -0.39 is 12.3 Å². The summed E-state index contributed by atoms with van der Waals surface area (Å²) in [5.41, 5.74) is 18.2. The Kier molecular flexibility index (Phi) is 9.72. The van der Waals surface area contributed by atoms with E-state index in [4.69, 9.17) is 14.1 Å². The van der Waals surface area contributed by atoms with E-state index in [0.29, 0.717) is 11.1 Å². The molecule has 70 heavy (non-hydrogen) atoms. The Morgan fingerprint density at radius 2 is 0.686 bits per heavy atom. The molecule has 0 aliphatic carbocycles. The fourth-order valence-electron chi connectivity index (χ4n) is 11.0. The monoisotopic (exact) mass is 931 g/mol. The minimum Gasteiger partial charge on any atom is -0.255 e. The van der Waals surface area contributed by atoms with Gasteiger partial charge >= 0.3 is 0 Å². The van der Waals surface area contributed by atoms with Crippen molar-refractivity contribution in [3.63, 3.8) is 0 Å². The minimum atomic E-state index is -2.43. The van der Waals surface area contributed by atoms with E-state index in [1.807, 2.05) is 12.1 Å². The van der Waals surface area contributed by atoms with Crippen molar-refractivity contribution in [1.29, 1.82) is 0 Å². The highest BCUT2D eigenvalue weighted by atomic mass is 32.2. The second kappa shape index (κ2) is 17.5. The lowest BCUT2D eigenvalue weighted by Gasteiger charge is -2.44. The third-order valence-corrected chi connectivity index (χ3v) is 16.1. The highest BCUT2D eigenvalue weighted by Gasteiger charge is 2.51. The maximum absolute atomic E-state index is 9.11. The van der Waals surface area contributed by atoms with Crippen LogP contribution in [0.4, 0.5) is 0 Å². The number of nitrogens with zero attached hydrogens (tertiary/aromatic N) is 2. The average molecular weight is 932 g/mol. The molecule has 0 atom stereocenters. The van der Waals surface area contributed by atoms with Crippen LogP contribution >= 0.6 is 23.5 Å². The van der Waals surface area contributed by atoms with Crippen molar-refractivity contribution in [1.82, 2.24) is 9.97 Å². The summed E-state index contributed by atoms with van der Waals surface area (Å²) in [6.45, 7) is -2.43. The molecule has 0 amide bonds. The smallest absolute Gasteiger partial charge is 0.124 e. The largest absolute Gasteiger partial charge is 0.255 e. The quantitative estimate of drug-likeness (QED) is 0.159. The Balaban J connectivity index is 1.13. The molecule has 11 aromatic rings. The van der Waals surface area contributed by atoms with Crippen LogP contribution in [0.1, 0.15) is 32.1 Å². The summed E-state index contributed by atoms with van der Waals surface area (Å²) >= 11 is 3.28. The molecule has 10 aromatic carbocycles. The molecule has 0 fully saturated rings. The molecular weight excluding hydrogens is 885 g/mol. The summed E-state index contributed by atoms with van der Waals surface area (Å²) in [5, 5.41) is 0.757. The third kappa shape index (κ3) is 6.74. The van der Waals surface area contributed by atoms with Gasteiger partial charge in [0, 0.05) is 31.2 Å². The van der Waals surface area contributed by atoms with Crippen molar-refractivity contribution in [2.45, 2.75) is 32.0 Å². The SMILES string of the molecule is [2H]C([2H])([2H])c1ccc2c(c1-c1ccc(-c3c(-c4ccccc4)c(-c4ccccc4)c(-c4ccccc4)c(-c4ccccc4)c3-c3ccccc3)cc1)Sc1nccnc1C21c2ccccc2Sc2ccccc21. The van der Waals surface area contributed by atoms with Crippen LogP contribution < -0.4 is 0 Å². The van der Waals surface area contributed by atoms with Gasteiger partial charge in [0.25, 0.3) is 0 Å². The second-order valence-corrected chi connectivity index (χ2v) is 19.8. The minimum absolute atomic E-state index is 0.292. The number of benzene rings is 10. The molecule has 2 aliphatic heterocycles. The average Bonchev–Trinajstić information content (AvgIpc) is 3.45. The highest BCUT2D eigenvalue weighted by molar-refractivity contribution is 8.00. The van der Waals surface area contributed by atoms with E-state index in [2.05, 4.69) is 224 Å². The lowest BCUT2D eigenvalue weighted by atomic mass is 9.66. The van der Waals surface area contributed by atoms with Gasteiger partial charge in [-0.3, -0.25) is 4.98 Å². The van der Waals surface area contributed by atoms with Crippen molar-refractivity contribution in [3.8, 4) is 77.9 Å². The maximum atomic E-state index is 9.11. The molecule has 1 spiro atoms. The molecule has 4 heteroatoms. The molecule has 1 aromatic heterocycles. The molecule has 3 heterocycles. The maximum Gasteiger partial charge on any atom is 0.124 e. The van der Waals surface area contributed by atoms with Gasteiger partial charge in [0.2, 0.25) is 0 Å². The van der Waals surface area contributed by atoms with E-state index in [0.717, 1.165) is 114 Å². The number of rotatable bonds is 7. The molecule has 330 valence electrons. The molecule has 0 radical (unpaired) electrons. The summed E-state index contributed by atoms with van der Waals surface area (Å²) in [7, 11) is 0. The molecule has 0 N–H and O–H groups in total. The van der Waals surface area contributed by atoms with Gasteiger partial charge in [-0.25, -0.2) is 4.98 Å².